The number of fused-ring (bicyclic) bond motifs is 2. The minimum atomic E-state index is -0.171. The smallest absolute Gasteiger partial charge is 0.223 e. The van der Waals surface area contributed by atoms with Crippen LogP contribution in [0.1, 0.15) is 50.5 Å². The number of nitrogens with zero attached hydrogens (tertiary/aromatic N) is 1. The summed E-state index contributed by atoms with van der Waals surface area (Å²) in [5.74, 6) is 0.405. The Labute approximate surface area is 137 Å². The van der Waals surface area contributed by atoms with Crippen molar-refractivity contribution in [1.29, 1.82) is 0 Å². The second-order valence-electron chi connectivity index (χ2n) is 7.49. The van der Waals surface area contributed by atoms with E-state index in [0.29, 0.717) is 24.0 Å². The monoisotopic (exact) mass is 316 g/mol. The predicted molar refractivity (Wildman–Crippen MR) is 87.3 cm³/mol. The molecule has 2 aliphatic heterocycles. The van der Waals surface area contributed by atoms with E-state index in [1.807, 2.05) is 12.1 Å². The molecule has 4 rings (SSSR count). The lowest BCUT2D eigenvalue weighted by molar-refractivity contribution is -0.124. The summed E-state index contributed by atoms with van der Waals surface area (Å²) in [7, 11) is 0. The minimum absolute atomic E-state index is 0.171. The maximum atomic E-state index is 13.1. The summed E-state index contributed by atoms with van der Waals surface area (Å²) in [5, 5.41) is 3.29. The third-order valence-corrected chi connectivity index (χ3v) is 5.70. The van der Waals surface area contributed by atoms with Crippen LogP contribution in [0, 0.1) is 11.7 Å². The molecule has 1 aromatic carbocycles. The van der Waals surface area contributed by atoms with Gasteiger partial charge >= 0.3 is 0 Å². The van der Waals surface area contributed by atoms with Crippen molar-refractivity contribution in [2.75, 3.05) is 0 Å². The first-order valence-electron chi connectivity index (χ1n) is 8.99. The number of carbonyl (C=O) groups excluding carboxylic acids is 1. The number of benzene rings is 1. The van der Waals surface area contributed by atoms with Crippen LogP contribution in [0.15, 0.2) is 24.3 Å². The molecular weight excluding hydrogens is 291 g/mol. The second-order valence-corrected chi connectivity index (χ2v) is 7.49. The van der Waals surface area contributed by atoms with Crippen LogP contribution in [0.3, 0.4) is 0 Å². The van der Waals surface area contributed by atoms with Gasteiger partial charge in [0, 0.05) is 30.6 Å². The zero-order valence-electron chi connectivity index (χ0n) is 13.5. The molecule has 1 N–H and O–H groups in total. The van der Waals surface area contributed by atoms with Crippen molar-refractivity contribution >= 4 is 5.91 Å². The number of nitrogens with one attached hydrogen (secondary N) is 1. The van der Waals surface area contributed by atoms with Gasteiger partial charge in [-0.15, -0.1) is 0 Å². The minimum Gasteiger partial charge on any atom is -0.353 e. The fraction of sp³-hybridized carbons (Fsp3) is 0.632. The topological polar surface area (TPSA) is 32.3 Å². The van der Waals surface area contributed by atoms with Gasteiger partial charge in [0.15, 0.2) is 0 Å². The van der Waals surface area contributed by atoms with Crippen LogP contribution in [-0.2, 0) is 11.3 Å². The summed E-state index contributed by atoms with van der Waals surface area (Å²) in [6, 6.07) is 8.34. The summed E-state index contributed by atoms with van der Waals surface area (Å²) in [5.41, 5.74) is 1.18. The van der Waals surface area contributed by atoms with Gasteiger partial charge in [-0.2, -0.15) is 0 Å². The maximum absolute atomic E-state index is 13.1. The van der Waals surface area contributed by atoms with E-state index in [1.165, 1.54) is 24.8 Å². The van der Waals surface area contributed by atoms with Crippen LogP contribution in [0.5, 0.6) is 0 Å². The fourth-order valence-electron chi connectivity index (χ4n) is 4.32. The number of amides is 1. The van der Waals surface area contributed by atoms with Gasteiger partial charge in [-0.1, -0.05) is 18.6 Å². The fourth-order valence-corrected chi connectivity index (χ4v) is 4.32. The number of rotatable bonds is 4. The number of piperidine rings is 2. The van der Waals surface area contributed by atoms with Crippen molar-refractivity contribution in [3.8, 4) is 0 Å². The average Bonchev–Trinajstić information content (AvgIpc) is 3.35. The number of halogens is 1. The molecule has 23 heavy (non-hydrogen) atoms. The van der Waals surface area contributed by atoms with Gasteiger partial charge in [-0.3, -0.25) is 9.69 Å². The highest BCUT2D eigenvalue weighted by Gasteiger charge is 2.40. The van der Waals surface area contributed by atoms with Crippen LogP contribution in [0.25, 0.3) is 0 Å². The third-order valence-electron chi connectivity index (χ3n) is 5.70. The Morgan fingerprint density at radius 1 is 1.09 bits per heavy atom. The summed E-state index contributed by atoms with van der Waals surface area (Å²) in [4.78, 5) is 14.6. The van der Waals surface area contributed by atoms with E-state index in [9.17, 15) is 9.18 Å². The van der Waals surface area contributed by atoms with Crippen molar-refractivity contribution < 1.29 is 9.18 Å². The maximum Gasteiger partial charge on any atom is 0.223 e. The molecule has 0 spiro atoms. The molecule has 1 amide bonds. The zero-order valence-corrected chi connectivity index (χ0v) is 13.5. The lowest BCUT2D eigenvalue weighted by atomic mass is 9.81. The predicted octanol–water partition coefficient (Wildman–Crippen LogP) is 3.24. The normalized spacial score (nSPS) is 30.9. The van der Waals surface area contributed by atoms with Gasteiger partial charge in [-0.25, -0.2) is 4.39 Å². The van der Waals surface area contributed by atoms with E-state index < -0.39 is 0 Å². The zero-order chi connectivity index (χ0) is 15.8. The molecule has 1 saturated carbocycles. The lowest BCUT2D eigenvalue weighted by Crippen LogP contribution is -2.56. The van der Waals surface area contributed by atoms with Crippen LogP contribution in [0.4, 0.5) is 4.39 Å². The molecule has 2 bridgehead atoms. The molecule has 3 fully saturated rings. The third kappa shape index (κ3) is 3.42. The van der Waals surface area contributed by atoms with E-state index in [2.05, 4.69) is 10.2 Å². The lowest BCUT2D eigenvalue weighted by Gasteiger charge is -2.49. The molecule has 3 aliphatic rings. The van der Waals surface area contributed by atoms with Crippen molar-refractivity contribution in [2.45, 2.75) is 69.6 Å². The summed E-state index contributed by atoms with van der Waals surface area (Å²) in [6.45, 7) is 0.902. The molecule has 1 aliphatic carbocycles. The Balaban J connectivity index is 1.41. The van der Waals surface area contributed by atoms with E-state index in [1.54, 1.807) is 12.1 Å². The van der Waals surface area contributed by atoms with Crippen LogP contribution >= 0.6 is 0 Å². The highest BCUT2D eigenvalue weighted by atomic mass is 19.1. The van der Waals surface area contributed by atoms with E-state index in [4.69, 9.17) is 0 Å². The molecule has 2 saturated heterocycles. The Morgan fingerprint density at radius 3 is 2.35 bits per heavy atom. The largest absolute Gasteiger partial charge is 0.353 e. The van der Waals surface area contributed by atoms with Crippen LogP contribution in [0.2, 0.25) is 0 Å². The van der Waals surface area contributed by atoms with Crippen molar-refractivity contribution in [3.63, 3.8) is 0 Å². The highest BCUT2D eigenvalue weighted by Crippen LogP contribution is 2.36. The summed E-state index contributed by atoms with van der Waals surface area (Å²) >= 11 is 0. The van der Waals surface area contributed by atoms with Gasteiger partial charge in [0.25, 0.3) is 0 Å². The van der Waals surface area contributed by atoms with Gasteiger partial charge in [0.2, 0.25) is 5.91 Å². The summed E-state index contributed by atoms with van der Waals surface area (Å²) in [6.07, 6.45) is 8.00. The second kappa shape index (κ2) is 6.23. The van der Waals surface area contributed by atoms with E-state index in [-0.39, 0.29) is 11.7 Å². The van der Waals surface area contributed by atoms with Gasteiger partial charge < -0.3 is 5.32 Å². The molecule has 124 valence electrons. The molecular formula is C19H25FN2O. The Bertz CT molecular complexity index is 555. The number of hydrogen-bond donors (Lipinski definition) is 1. The van der Waals surface area contributed by atoms with E-state index >= 15 is 0 Å². The molecule has 3 nitrogen and oxygen atoms in total. The highest BCUT2D eigenvalue weighted by molar-refractivity contribution is 5.81. The van der Waals surface area contributed by atoms with Gasteiger partial charge in [0.1, 0.15) is 5.82 Å². The molecule has 2 unspecified atom stereocenters. The summed E-state index contributed by atoms with van der Waals surface area (Å²) < 4.78 is 13.1. The molecule has 2 atom stereocenters. The van der Waals surface area contributed by atoms with Crippen molar-refractivity contribution in [1.82, 2.24) is 10.2 Å². The quantitative estimate of drug-likeness (QED) is 0.925. The molecule has 0 aromatic heterocycles. The Hall–Kier alpha value is -1.42. The van der Waals surface area contributed by atoms with Crippen LogP contribution < -0.4 is 5.32 Å². The van der Waals surface area contributed by atoms with E-state index in [0.717, 1.165) is 32.2 Å². The van der Waals surface area contributed by atoms with Crippen LogP contribution in [-0.4, -0.2) is 28.9 Å². The molecule has 2 heterocycles. The number of carbonyl (C=O) groups is 1. The number of hydrogen-bond acceptors (Lipinski definition) is 2. The van der Waals surface area contributed by atoms with Crippen molar-refractivity contribution in [3.05, 3.63) is 35.6 Å². The Kier molecular flexibility index (Phi) is 4.10. The Morgan fingerprint density at radius 2 is 1.74 bits per heavy atom. The standard InChI is InChI=1S/C19H25FN2O/c20-15-8-4-13(5-9-15)12-22-17-2-1-3-18(22)11-16(10-17)21-19(23)14-6-7-14/h4-5,8-9,14,16-18H,1-3,6-7,10-12H2,(H,21,23). The van der Waals surface area contributed by atoms with Crippen molar-refractivity contribution in [2.24, 2.45) is 5.92 Å². The molecule has 4 heteroatoms. The molecule has 0 radical (unpaired) electrons. The SMILES string of the molecule is O=C(NC1CC2CCCC(C1)N2Cc1ccc(F)cc1)C1CC1. The first-order chi connectivity index (χ1) is 11.2. The molecule has 1 aromatic rings. The average molecular weight is 316 g/mol. The van der Waals surface area contributed by atoms with Gasteiger partial charge in [0.05, 0.1) is 0 Å². The first kappa shape index (κ1) is 15.1. The first-order valence-corrected chi connectivity index (χ1v) is 8.99. The van der Waals surface area contributed by atoms with Gasteiger partial charge in [-0.05, 0) is 56.2 Å².